The lowest BCUT2D eigenvalue weighted by molar-refractivity contribution is 0.264. The third kappa shape index (κ3) is 4.40. The third-order valence-corrected chi connectivity index (χ3v) is 5.69. The molecule has 0 saturated heterocycles. The van der Waals surface area contributed by atoms with E-state index in [-0.39, 0.29) is 16.7 Å². The molecule has 0 unspecified atom stereocenters. The van der Waals surface area contributed by atoms with Gasteiger partial charge in [-0.15, -0.1) is 10.2 Å². The lowest BCUT2D eigenvalue weighted by Crippen LogP contribution is -1.95. The molecule has 5 nitrogen and oxygen atoms in total. The second-order valence-electron chi connectivity index (χ2n) is 7.42. The van der Waals surface area contributed by atoms with Crippen molar-refractivity contribution in [1.29, 1.82) is 0 Å². The zero-order valence-electron chi connectivity index (χ0n) is 17.3. The van der Waals surface area contributed by atoms with E-state index in [2.05, 4.69) is 15.2 Å². The summed E-state index contributed by atoms with van der Waals surface area (Å²) in [5.41, 5.74) is 3.33. The molecule has 164 valence electrons. The molecule has 0 aliphatic heterocycles. The highest BCUT2D eigenvalue weighted by Gasteiger charge is 2.17. The molecule has 5 rings (SSSR count). The van der Waals surface area contributed by atoms with Crippen LogP contribution < -0.4 is 4.74 Å². The monoisotopic (exact) mass is 479 g/mol. The van der Waals surface area contributed by atoms with E-state index in [4.69, 9.17) is 32.4 Å². The lowest BCUT2D eigenvalue weighted by Gasteiger charge is -2.09. The molecule has 0 aliphatic rings. The third-order valence-electron chi connectivity index (χ3n) is 5.08. The van der Waals surface area contributed by atoms with Crippen LogP contribution in [0.3, 0.4) is 0 Å². The zero-order valence-corrected chi connectivity index (χ0v) is 18.9. The van der Waals surface area contributed by atoms with Crippen LogP contribution in [0.1, 0.15) is 11.5 Å². The number of aryl methyl sites for hydroxylation is 1. The average molecular weight is 480 g/mol. The van der Waals surface area contributed by atoms with Crippen molar-refractivity contribution in [3.05, 3.63) is 94.0 Å². The average Bonchev–Trinajstić information content (AvgIpc) is 3.29. The van der Waals surface area contributed by atoms with Gasteiger partial charge in [-0.2, -0.15) is 0 Å². The minimum absolute atomic E-state index is 0.0557. The fourth-order valence-corrected chi connectivity index (χ4v) is 3.89. The molecule has 0 amide bonds. The van der Waals surface area contributed by atoms with Crippen molar-refractivity contribution < 1.29 is 13.5 Å². The molecule has 0 atom stereocenters. The molecule has 2 heterocycles. The first-order chi connectivity index (χ1) is 16.0. The van der Waals surface area contributed by atoms with Gasteiger partial charge in [0.15, 0.2) is 6.61 Å². The minimum Gasteiger partial charge on any atom is -0.484 e. The van der Waals surface area contributed by atoms with Gasteiger partial charge in [0.1, 0.15) is 11.6 Å². The predicted molar refractivity (Wildman–Crippen MR) is 126 cm³/mol. The zero-order chi connectivity index (χ0) is 22.9. The second-order valence-corrected chi connectivity index (χ2v) is 8.24. The van der Waals surface area contributed by atoms with Crippen molar-refractivity contribution in [2.75, 3.05) is 0 Å². The first-order valence-corrected chi connectivity index (χ1v) is 10.8. The quantitative estimate of drug-likeness (QED) is 0.247. The maximum absolute atomic E-state index is 14.2. The molecular weight excluding hydrogens is 464 g/mol. The van der Waals surface area contributed by atoms with Gasteiger partial charge in [0.25, 0.3) is 5.89 Å². The summed E-state index contributed by atoms with van der Waals surface area (Å²) in [6.45, 7) is 2.13. The van der Waals surface area contributed by atoms with Gasteiger partial charge in [-0.1, -0.05) is 59.1 Å². The fraction of sp³-hybridized carbons (Fsp3) is 0.0800. The molecule has 0 radical (unpaired) electrons. The first-order valence-electron chi connectivity index (χ1n) is 10.0. The standard InChI is InChI=1S/C25H16Cl2FN3O2/c1-14-6-8-15(9-7-14)32-13-24-30-31-25(33-24)17-11-23(29-22-5-3-2-4-16(17)22)18-10-21(28)20(27)12-19(18)26/h2-12H,13H2,1H3. The first kappa shape index (κ1) is 21.4. The Morgan fingerprint density at radius 3 is 2.52 bits per heavy atom. The molecule has 2 aromatic heterocycles. The van der Waals surface area contributed by atoms with E-state index in [1.54, 1.807) is 6.07 Å². The summed E-state index contributed by atoms with van der Waals surface area (Å²) in [4.78, 5) is 4.64. The van der Waals surface area contributed by atoms with Crippen LogP contribution in [0.5, 0.6) is 5.75 Å². The number of benzene rings is 3. The van der Waals surface area contributed by atoms with Crippen LogP contribution in [0.2, 0.25) is 10.0 Å². The Bertz CT molecular complexity index is 1470. The number of para-hydroxylation sites is 1. The highest BCUT2D eigenvalue weighted by Crippen LogP contribution is 2.36. The van der Waals surface area contributed by atoms with Crippen LogP contribution in [0.25, 0.3) is 33.6 Å². The maximum Gasteiger partial charge on any atom is 0.254 e. The number of fused-ring (bicyclic) bond motifs is 1. The number of nitrogens with zero attached hydrogens (tertiary/aromatic N) is 3. The number of rotatable bonds is 5. The highest BCUT2D eigenvalue weighted by molar-refractivity contribution is 6.36. The molecule has 0 spiro atoms. The topological polar surface area (TPSA) is 61.0 Å². The Kier molecular flexibility index (Phi) is 5.70. The number of hydrogen-bond acceptors (Lipinski definition) is 5. The van der Waals surface area contributed by atoms with Gasteiger partial charge < -0.3 is 9.15 Å². The van der Waals surface area contributed by atoms with Gasteiger partial charge in [0.2, 0.25) is 5.89 Å². The molecule has 5 aromatic rings. The van der Waals surface area contributed by atoms with Crippen LogP contribution >= 0.6 is 23.2 Å². The van der Waals surface area contributed by atoms with Crippen LogP contribution in [0, 0.1) is 12.7 Å². The maximum atomic E-state index is 14.2. The van der Waals surface area contributed by atoms with Crippen molar-refractivity contribution in [2.45, 2.75) is 13.5 Å². The SMILES string of the molecule is Cc1ccc(OCc2nnc(-c3cc(-c4cc(F)c(Cl)cc4Cl)nc4ccccc34)o2)cc1. The van der Waals surface area contributed by atoms with Crippen molar-refractivity contribution in [2.24, 2.45) is 0 Å². The molecule has 3 aromatic carbocycles. The highest BCUT2D eigenvalue weighted by atomic mass is 35.5. The Balaban J connectivity index is 1.53. The Labute approximate surface area is 198 Å². The van der Waals surface area contributed by atoms with E-state index in [1.807, 2.05) is 55.5 Å². The summed E-state index contributed by atoms with van der Waals surface area (Å²) in [5.74, 6) is 0.740. The number of hydrogen-bond donors (Lipinski definition) is 0. The summed E-state index contributed by atoms with van der Waals surface area (Å²) in [6.07, 6.45) is 0. The van der Waals surface area contributed by atoms with Gasteiger partial charge in [-0.3, -0.25) is 0 Å². The van der Waals surface area contributed by atoms with Gasteiger partial charge in [-0.05, 0) is 43.3 Å². The molecule has 0 saturated carbocycles. The van der Waals surface area contributed by atoms with Crippen molar-refractivity contribution in [1.82, 2.24) is 15.2 Å². The summed E-state index contributed by atoms with van der Waals surface area (Å²) < 4.78 is 25.8. The molecular formula is C25H16Cl2FN3O2. The molecule has 0 N–H and O–H groups in total. The summed E-state index contributed by atoms with van der Waals surface area (Å²) in [5, 5.41) is 9.35. The summed E-state index contributed by atoms with van der Waals surface area (Å²) in [7, 11) is 0. The molecule has 8 heteroatoms. The van der Waals surface area contributed by atoms with Gasteiger partial charge in [-0.25, -0.2) is 9.37 Å². The molecule has 0 fully saturated rings. The Morgan fingerprint density at radius 1 is 0.909 bits per heavy atom. The number of pyridine rings is 1. The number of halogens is 3. The van der Waals surface area contributed by atoms with Crippen molar-refractivity contribution >= 4 is 34.1 Å². The molecule has 0 bridgehead atoms. The number of ether oxygens (including phenoxy) is 1. The van der Waals surface area contributed by atoms with E-state index in [0.717, 1.165) is 10.9 Å². The van der Waals surface area contributed by atoms with E-state index in [1.165, 1.54) is 12.1 Å². The smallest absolute Gasteiger partial charge is 0.254 e. The molecule has 0 aliphatic carbocycles. The van der Waals surface area contributed by atoms with Gasteiger partial charge >= 0.3 is 0 Å². The minimum atomic E-state index is -0.582. The normalized spacial score (nSPS) is 11.2. The Hall–Kier alpha value is -3.48. The van der Waals surface area contributed by atoms with Crippen LogP contribution in [-0.2, 0) is 6.61 Å². The van der Waals surface area contributed by atoms with Gasteiger partial charge in [0.05, 0.1) is 26.8 Å². The van der Waals surface area contributed by atoms with Crippen LogP contribution in [0.4, 0.5) is 4.39 Å². The van der Waals surface area contributed by atoms with Crippen molar-refractivity contribution in [3.63, 3.8) is 0 Å². The van der Waals surface area contributed by atoms with Gasteiger partial charge in [0, 0.05) is 10.9 Å². The van der Waals surface area contributed by atoms with Crippen LogP contribution in [0.15, 0.2) is 71.1 Å². The largest absolute Gasteiger partial charge is 0.484 e. The predicted octanol–water partition coefficient (Wildman–Crippen LogP) is 7.29. The second kappa shape index (κ2) is 8.81. The summed E-state index contributed by atoms with van der Waals surface area (Å²) in [6, 6.07) is 19.6. The summed E-state index contributed by atoms with van der Waals surface area (Å²) >= 11 is 12.2. The Morgan fingerprint density at radius 2 is 1.70 bits per heavy atom. The van der Waals surface area contributed by atoms with E-state index < -0.39 is 5.82 Å². The lowest BCUT2D eigenvalue weighted by atomic mass is 10.0. The van der Waals surface area contributed by atoms with E-state index >= 15 is 0 Å². The van der Waals surface area contributed by atoms with E-state index in [0.29, 0.717) is 39.9 Å². The fourth-order valence-electron chi connectivity index (χ4n) is 3.41. The number of aromatic nitrogens is 3. The molecule has 33 heavy (non-hydrogen) atoms. The van der Waals surface area contributed by atoms with E-state index in [9.17, 15) is 4.39 Å². The van der Waals surface area contributed by atoms with Crippen molar-refractivity contribution in [3.8, 4) is 28.5 Å². The van der Waals surface area contributed by atoms with Crippen LogP contribution in [-0.4, -0.2) is 15.2 Å².